The van der Waals surface area contributed by atoms with Gasteiger partial charge >= 0.3 is 0 Å². The molecule has 20 heavy (non-hydrogen) atoms. The fraction of sp³-hybridized carbons (Fsp3) is 0.462. The number of hydrogen-bond acceptors (Lipinski definition) is 4. The van der Waals surface area contributed by atoms with Crippen molar-refractivity contribution in [3.8, 4) is 5.75 Å². The Labute approximate surface area is 117 Å². The number of sulfone groups is 1. The highest BCUT2D eigenvalue weighted by molar-refractivity contribution is 7.91. The highest BCUT2D eigenvalue weighted by Gasteiger charge is 2.39. The van der Waals surface area contributed by atoms with Crippen LogP contribution in [0.15, 0.2) is 18.2 Å². The molecule has 1 aliphatic heterocycles. The van der Waals surface area contributed by atoms with Crippen molar-refractivity contribution >= 4 is 15.7 Å². The Kier molecular flexibility index (Phi) is 3.73. The van der Waals surface area contributed by atoms with Crippen LogP contribution in [0.1, 0.15) is 23.7 Å². The first-order valence-corrected chi connectivity index (χ1v) is 7.93. The monoisotopic (exact) mass is 301 g/mol. The molecule has 1 aromatic carbocycles. The van der Waals surface area contributed by atoms with Gasteiger partial charge in [0.1, 0.15) is 11.6 Å². The molecule has 0 aromatic heterocycles. The number of amides is 1. The van der Waals surface area contributed by atoms with Crippen LogP contribution in [0.3, 0.4) is 0 Å². The third-order valence-electron chi connectivity index (χ3n) is 3.34. The molecule has 110 valence electrons. The largest absolute Gasteiger partial charge is 0.497 e. The summed E-state index contributed by atoms with van der Waals surface area (Å²) in [6, 6.07) is 3.91. The summed E-state index contributed by atoms with van der Waals surface area (Å²) in [4.78, 5) is 12.1. The van der Waals surface area contributed by atoms with E-state index in [2.05, 4.69) is 5.32 Å². The predicted octanol–water partition coefficient (Wildman–Crippen LogP) is 1.14. The minimum atomic E-state index is -3.13. The number of halogens is 1. The number of nitrogens with one attached hydrogen (secondary N) is 1. The highest BCUT2D eigenvalue weighted by Crippen LogP contribution is 2.24. The average molecular weight is 301 g/mol. The molecule has 1 fully saturated rings. The molecule has 0 saturated carbocycles. The Morgan fingerprint density at radius 2 is 2.15 bits per heavy atom. The third kappa shape index (κ3) is 3.09. The van der Waals surface area contributed by atoms with Crippen molar-refractivity contribution in [2.24, 2.45) is 0 Å². The van der Waals surface area contributed by atoms with E-state index in [0.717, 1.165) is 6.07 Å². The van der Waals surface area contributed by atoms with Gasteiger partial charge in [0.2, 0.25) is 0 Å². The number of benzene rings is 1. The number of hydrogen-bond donors (Lipinski definition) is 1. The zero-order valence-electron chi connectivity index (χ0n) is 11.3. The number of carbonyl (C=O) groups is 1. The van der Waals surface area contributed by atoms with E-state index < -0.39 is 27.1 Å². The molecule has 1 unspecified atom stereocenters. The summed E-state index contributed by atoms with van der Waals surface area (Å²) in [5, 5.41) is 2.61. The molecule has 1 aromatic rings. The number of methoxy groups -OCH3 is 1. The number of ether oxygens (including phenoxy) is 1. The van der Waals surface area contributed by atoms with Crippen molar-refractivity contribution in [2.45, 2.75) is 18.9 Å². The third-order valence-corrected chi connectivity index (χ3v) is 5.24. The fourth-order valence-electron chi connectivity index (χ4n) is 2.26. The van der Waals surface area contributed by atoms with Gasteiger partial charge in [-0.2, -0.15) is 0 Å². The molecule has 1 aliphatic rings. The molecule has 1 saturated heterocycles. The number of rotatable bonds is 3. The molecule has 0 spiro atoms. The first-order chi connectivity index (χ1) is 9.25. The van der Waals surface area contributed by atoms with Gasteiger partial charge in [0.25, 0.3) is 5.91 Å². The van der Waals surface area contributed by atoms with Crippen molar-refractivity contribution in [1.29, 1.82) is 0 Å². The van der Waals surface area contributed by atoms with Crippen LogP contribution in [0.2, 0.25) is 0 Å². The van der Waals surface area contributed by atoms with E-state index in [-0.39, 0.29) is 17.1 Å². The van der Waals surface area contributed by atoms with Gasteiger partial charge in [0.05, 0.1) is 29.7 Å². The van der Waals surface area contributed by atoms with Gasteiger partial charge in [-0.15, -0.1) is 0 Å². The first kappa shape index (κ1) is 14.8. The van der Waals surface area contributed by atoms with Crippen molar-refractivity contribution in [1.82, 2.24) is 5.32 Å². The van der Waals surface area contributed by atoms with Crippen LogP contribution < -0.4 is 10.1 Å². The maximum Gasteiger partial charge on any atom is 0.254 e. The molecule has 0 radical (unpaired) electrons. The summed E-state index contributed by atoms with van der Waals surface area (Å²) >= 11 is 0. The van der Waals surface area contributed by atoms with Crippen molar-refractivity contribution in [3.63, 3.8) is 0 Å². The van der Waals surface area contributed by atoms with Crippen LogP contribution in [0.4, 0.5) is 4.39 Å². The molecule has 0 aliphatic carbocycles. The molecule has 0 bridgehead atoms. The lowest BCUT2D eigenvalue weighted by atomic mass is 10.0. The zero-order chi connectivity index (χ0) is 15.0. The lowest BCUT2D eigenvalue weighted by Crippen LogP contribution is -2.47. The lowest BCUT2D eigenvalue weighted by molar-refractivity contribution is 0.0911. The van der Waals surface area contributed by atoms with E-state index in [1.165, 1.54) is 19.2 Å². The maximum absolute atomic E-state index is 13.8. The van der Waals surface area contributed by atoms with E-state index in [1.54, 1.807) is 6.92 Å². The molecule has 1 N–H and O–H groups in total. The average Bonchev–Trinajstić information content (AvgIpc) is 2.62. The van der Waals surface area contributed by atoms with Crippen LogP contribution in [0.5, 0.6) is 5.75 Å². The fourth-order valence-corrected chi connectivity index (χ4v) is 4.35. The van der Waals surface area contributed by atoms with Crippen LogP contribution in [-0.4, -0.2) is 38.5 Å². The van der Waals surface area contributed by atoms with Crippen LogP contribution in [0.25, 0.3) is 0 Å². The van der Waals surface area contributed by atoms with Crippen LogP contribution in [-0.2, 0) is 9.84 Å². The molecular weight excluding hydrogens is 285 g/mol. The van der Waals surface area contributed by atoms with Gasteiger partial charge in [-0.05, 0) is 25.5 Å². The molecule has 2 rings (SSSR count). The van der Waals surface area contributed by atoms with Gasteiger partial charge in [0.15, 0.2) is 9.84 Å². The Hall–Kier alpha value is -1.63. The molecular formula is C13H16FNO4S. The minimum absolute atomic E-state index is 0.0366. The summed E-state index contributed by atoms with van der Waals surface area (Å²) in [5.74, 6) is -1.09. The molecule has 1 heterocycles. The van der Waals surface area contributed by atoms with Crippen LogP contribution >= 0.6 is 0 Å². The van der Waals surface area contributed by atoms with E-state index in [4.69, 9.17) is 4.74 Å². The predicted molar refractivity (Wildman–Crippen MR) is 72.1 cm³/mol. The smallest absolute Gasteiger partial charge is 0.254 e. The number of carbonyl (C=O) groups excluding carboxylic acids is 1. The van der Waals surface area contributed by atoms with Gasteiger partial charge < -0.3 is 10.1 Å². The Balaban J connectivity index is 2.17. The molecule has 1 amide bonds. The summed E-state index contributed by atoms with van der Waals surface area (Å²) in [7, 11) is -1.73. The normalized spacial score (nSPS) is 24.4. The first-order valence-electron chi connectivity index (χ1n) is 6.11. The second-order valence-corrected chi connectivity index (χ2v) is 7.39. The summed E-state index contributed by atoms with van der Waals surface area (Å²) in [5.41, 5.74) is -0.973. The molecule has 7 heteroatoms. The summed E-state index contributed by atoms with van der Waals surface area (Å²) < 4.78 is 41.6. The topological polar surface area (TPSA) is 72.5 Å². The van der Waals surface area contributed by atoms with Gasteiger partial charge in [-0.3, -0.25) is 4.79 Å². The second kappa shape index (κ2) is 5.05. The minimum Gasteiger partial charge on any atom is -0.497 e. The quantitative estimate of drug-likeness (QED) is 0.909. The van der Waals surface area contributed by atoms with Gasteiger partial charge in [-0.1, -0.05) is 0 Å². The summed E-state index contributed by atoms with van der Waals surface area (Å²) in [6.07, 6.45) is 0.332. The van der Waals surface area contributed by atoms with Crippen molar-refractivity contribution < 1.29 is 22.3 Å². The van der Waals surface area contributed by atoms with Crippen LogP contribution in [0, 0.1) is 5.82 Å². The zero-order valence-corrected chi connectivity index (χ0v) is 12.1. The Morgan fingerprint density at radius 1 is 1.45 bits per heavy atom. The van der Waals surface area contributed by atoms with Gasteiger partial charge in [-0.25, -0.2) is 12.8 Å². The second-order valence-electron chi connectivity index (χ2n) is 5.20. The van der Waals surface area contributed by atoms with Crippen molar-refractivity contribution in [3.05, 3.63) is 29.6 Å². The van der Waals surface area contributed by atoms with E-state index in [1.807, 2.05) is 0 Å². The van der Waals surface area contributed by atoms with E-state index >= 15 is 0 Å². The lowest BCUT2D eigenvalue weighted by Gasteiger charge is -2.24. The summed E-state index contributed by atoms with van der Waals surface area (Å²) in [6.45, 7) is 1.65. The highest BCUT2D eigenvalue weighted by atomic mass is 32.2. The van der Waals surface area contributed by atoms with E-state index in [0.29, 0.717) is 12.2 Å². The standard InChI is InChI=1S/C13H16FNO4S/c1-13(5-6-20(17,18)8-13)15-12(16)10-4-3-9(19-2)7-11(10)14/h3-4,7H,5-6,8H2,1-2H3,(H,15,16). The van der Waals surface area contributed by atoms with Gasteiger partial charge in [0, 0.05) is 6.07 Å². The maximum atomic E-state index is 13.8. The Bertz CT molecular complexity index is 644. The molecule has 5 nitrogen and oxygen atoms in total. The Morgan fingerprint density at radius 3 is 2.65 bits per heavy atom. The molecule has 1 atom stereocenters. The van der Waals surface area contributed by atoms with E-state index in [9.17, 15) is 17.6 Å². The van der Waals surface area contributed by atoms with Crippen molar-refractivity contribution in [2.75, 3.05) is 18.6 Å². The SMILES string of the molecule is COc1ccc(C(=O)NC2(C)CCS(=O)(=O)C2)c(F)c1.